The summed E-state index contributed by atoms with van der Waals surface area (Å²) >= 11 is 0. The van der Waals surface area contributed by atoms with Gasteiger partial charge in [-0.25, -0.2) is 4.79 Å². The number of rotatable bonds is 1. The molecule has 2 fully saturated rings. The maximum absolute atomic E-state index is 11.7. The fourth-order valence-electron chi connectivity index (χ4n) is 3.35. The van der Waals surface area contributed by atoms with Gasteiger partial charge < -0.3 is 19.7 Å². The van der Waals surface area contributed by atoms with Crippen LogP contribution in [0.25, 0.3) is 0 Å². The average Bonchev–Trinajstić information content (AvgIpc) is 2.94. The van der Waals surface area contributed by atoms with Gasteiger partial charge in [0.25, 0.3) is 0 Å². The van der Waals surface area contributed by atoms with Crippen molar-refractivity contribution in [3.8, 4) is 0 Å². The lowest BCUT2D eigenvalue weighted by atomic mass is 9.83. The molecule has 0 amide bonds. The molecule has 0 unspecified atom stereocenters. The van der Waals surface area contributed by atoms with E-state index in [0.29, 0.717) is 18.4 Å². The maximum Gasteiger partial charge on any atom is 0.334 e. The summed E-state index contributed by atoms with van der Waals surface area (Å²) in [7, 11) is 0. The zero-order valence-corrected chi connectivity index (χ0v) is 11.5. The van der Waals surface area contributed by atoms with Gasteiger partial charge in [-0.15, -0.1) is 0 Å². The summed E-state index contributed by atoms with van der Waals surface area (Å²) in [6.45, 7) is 5.64. The second-order valence-electron chi connectivity index (χ2n) is 6.13. The van der Waals surface area contributed by atoms with Crippen LogP contribution < -0.4 is 0 Å². The van der Waals surface area contributed by atoms with Gasteiger partial charge in [0.2, 0.25) is 0 Å². The van der Waals surface area contributed by atoms with Gasteiger partial charge >= 0.3 is 5.97 Å². The smallest absolute Gasteiger partial charge is 0.334 e. The third-order valence-corrected chi connectivity index (χ3v) is 4.67. The first kappa shape index (κ1) is 13.8. The minimum atomic E-state index is -0.861. The van der Waals surface area contributed by atoms with Crippen LogP contribution in [0.15, 0.2) is 23.8 Å². The SMILES string of the molecule is C=C1C(=O)O[C@H]2C[C@]3(C)O[C@H]3CC/C(CO)=C/[C@@H](O)[C@H]12. The molecule has 2 N–H and O–H groups in total. The number of carbonyl (C=O) groups is 1. The number of ether oxygens (including phenoxy) is 2. The van der Waals surface area contributed by atoms with E-state index in [1.165, 1.54) is 0 Å². The highest BCUT2D eigenvalue weighted by molar-refractivity contribution is 5.91. The summed E-state index contributed by atoms with van der Waals surface area (Å²) in [5, 5.41) is 19.7. The molecule has 0 saturated carbocycles. The van der Waals surface area contributed by atoms with Crippen LogP contribution in [-0.2, 0) is 14.3 Å². The van der Waals surface area contributed by atoms with Gasteiger partial charge in [-0.1, -0.05) is 12.7 Å². The van der Waals surface area contributed by atoms with Crippen LogP contribution in [0, 0.1) is 5.92 Å². The molecular weight excluding hydrogens is 260 g/mol. The van der Waals surface area contributed by atoms with E-state index in [1.807, 2.05) is 6.92 Å². The second-order valence-corrected chi connectivity index (χ2v) is 6.13. The average molecular weight is 280 g/mol. The van der Waals surface area contributed by atoms with Crippen LogP contribution in [0.2, 0.25) is 0 Å². The van der Waals surface area contributed by atoms with Crippen LogP contribution >= 0.6 is 0 Å². The Hall–Kier alpha value is -1.17. The Morgan fingerprint density at radius 3 is 3.00 bits per heavy atom. The highest BCUT2D eigenvalue weighted by Gasteiger charge is 2.56. The van der Waals surface area contributed by atoms with E-state index in [1.54, 1.807) is 6.08 Å². The molecule has 3 rings (SSSR count). The van der Waals surface area contributed by atoms with Crippen molar-refractivity contribution in [1.29, 1.82) is 0 Å². The number of esters is 1. The molecule has 5 atom stereocenters. The predicted molar refractivity (Wildman–Crippen MR) is 70.8 cm³/mol. The van der Waals surface area contributed by atoms with Gasteiger partial charge in [0, 0.05) is 12.0 Å². The van der Waals surface area contributed by atoms with Gasteiger partial charge in [0.05, 0.1) is 30.3 Å². The molecule has 0 bridgehead atoms. The Morgan fingerprint density at radius 1 is 1.55 bits per heavy atom. The minimum absolute atomic E-state index is 0.0981. The molecule has 20 heavy (non-hydrogen) atoms. The third-order valence-electron chi connectivity index (χ3n) is 4.67. The molecule has 0 aromatic rings. The largest absolute Gasteiger partial charge is 0.458 e. The molecule has 2 aliphatic heterocycles. The van der Waals surface area contributed by atoms with Gasteiger partial charge in [-0.2, -0.15) is 0 Å². The summed E-state index contributed by atoms with van der Waals surface area (Å²) in [4.78, 5) is 11.7. The van der Waals surface area contributed by atoms with Crippen molar-refractivity contribution < 1.29 is 24.5 Å². The zero-order chi connectivity index (χ0) is 14.5. The molecule has 2 heterocycles. The van der Waals surface area contributed by atoms with Crippen LogP contribution in [0.1, 0.15) is 26.2 Å². The minimum Gasteiger partial charge on any atom is -0.458 e. The first-order valence-corrected chi connectivity index (χ1v) is 7.00. The monoisotopic (exact) mass is 280 g/mol. The molecule has 5 heteroatoms. The molecule has 0 radical (unpaired) electrons. The molecule has 2 saturated heterocycles. The number of aliphatic hydroxyl groups is 2. The highest BCUT2D eigenvalue weighted by atomic mass is 16.6. The van der Waals surface area contributed by atoms with Gasteiger partial charge in [0.1, 0.15) is 6.10 Å². The zero-order valence-electron chi connectivity index (χ0n) is 11.5. The van der Waals surface area contributed by atoms with Crippen molar-refractivity contribution in [2.75, 3.05) is 6.61 Å². The van der Waals surface area contributed by atoms with E-state index in [2.05, 4.69) is 6.58 Å². The van der Waals surface area contributed by atoms with E-state index in [9.17, 15) is 15.0 Å². The van der Waals surface area contributed by atoms with Gasteiger partial charge in [0.15, 0.2) is 0 Å². The summed E-state index contributed by atoms with van der Waals surface area (Å²) in [6, 6.07) is 0. The van der Waals surface area contributed by atoms with E-state index >= 15 is 0 Å². The lowest BCUT2D eigenvalue weighted by Crippen LogP contribution is -2.33. The van der Waals surface area contributed by atoms with E-state index in [4.69, 9.17) is 9.47 Å². The summed E-state index contributed by atoms with van der Waals surface area (Å²) < 4.78 is 11.1. The van der Waals surface area contributed by atoms with Crippen molar-refractivity contribution in [2.24, 2.45) is 5.92 Å². The molecule has 0 aromatic heterocycles. The molecule has 5 nitrogen and oxygen atoms in total. The Balaban J connectivity index is 1.92. The number of aliphatic hydroxyl groups excluding tert-OH is 2. The number of fused-ring (bicyclic) bond motifs is 2. The number of epoxide rings is 1. The Bertz CT molecular complexity index is 483. The third kappa shape index (κ3) is 2.20. The van der Waals surface area contributed by atoms with Crippen LogP contribution in [0.3, 0.4) is 0 Å². The molecule has 110 valence electrons. The van der Waals surface area contributed by atoms with Crippen LogP contribution in [-0.4, -0.2) is 46.7 Å². The lowest BCUT2D eigenvalue weighted by Gasteiger charge is -2.24. The Kier molecular flexibility index (Phi) is 3.23. The fourth-order valence-corrected chi connectivity index (χ4v) is 3.35. The van der Waals surface area contributed by atoms with E-state index in [0.717, 1.165) is 12.0 Å². The number of carbonyl (C=O) groups excluding carboxylic acids is 1. The summed E-state index contributed by atoms with van der Waals surface area (Å²) in [6.07, 6.45) is 2.56. The highest BCUT2D eigenvalue weighted by Crippen LogP contribution is 2.47. The first-order chi connectivity index (χ1) is 9.44. The van der Waals surface area contributed by atoms with E-state index in [-0.39, 0.29) is 18.3 Å². The molecule has 0 spiro atoms. The van der Waals surface area contributed by atoms with Crippen molar-refractivity contribution in [3.05, 3.63) is 23.8 Å². The van der Waals surface area contributed by atoms with Crippen molar-refractivity contribution >= 4 is 5.97 Å². The summed E-state index contributed by atoms with van der Waals surface area (Å²) in [5.74, 6) is -0.901. The van der Waals surface area contributed by atoms with E-state index < -0.39 is 24.1 Å². The Morgan fingerprint density at radius 2 is 2.30 bits per heavy atom. The molecule has 0 aromatic carbocycles. The normalized spacial score (nSPS) is 46.9. The van der Waals surface area contributed by atoms with Crippen molar-refractivity contribution in [1.82, 2.24) is 0 Å². The molecule has 3 aliphatic rings. The second kappa shape index (κ2) is 4.69. The van der Waals surface area contributed by atoms with Gasteiger partial charge in [-0.05, 0) is 25.3 Å². The molecule has 1 aliphatic carbocycles. The van der Waals surface area contributed by atoms with Crippen molar-refractivity contribution in [2.45, 2.75) is 50.1 Å². The Labute approximate surface area is 117 Å². The fraction of sp³-hybridized carbons (Fsp3) is 0.667. The van der Waals surface area contributed by atoms with Crippen molar-refractivity contribution in [3.63, 3.8) is 0 Å². The predicted octanol–water partition coefficient (Wildman–Crippen LogP) is 0.705. The number of hydrogen-bond donors (Lipinski definition) is 2. The standard InChI is InChI=1S/C15H20O5/c1-8-13-10(17)5-9(7-16)3-4-12-15(2,20-12)6-11(13)19-14(8)18/h5,10-13,16-17H,1,3-4,6-7H2,2H3/b9-5-/t10-,11+,12+,13+,15+/m1/s1. The van der Waals surface area contributed by atoms with Gasteiger partial charge in [-0.3, -0.25) is 0 Å². The summed E-state index contributed by atoms with van der Waals surface area (Å²) in [5.41, 5.74) is 0.770. The topological polar surface area (TPSA) is 79.3 Å². The molecular formula is C15H20O5. The quantitative estimate of drug-likeness (QED) is 0.320. The van der Waals surface area contributed by atoms with Crippen LogP contribution in [0.5, 0.6) is 0 Å². The number of hydrogen-bond acceptors (Lipinski definition) is 5. The first-order valence-electron chi connectivity index (χ1n) is 7.00. The maximum atomic E-state index is 11.7. The van der Waals surface area contributed by atoms with Crippen LogP contribution in [0.4, 0.5) is 0 Å². The lowest BCUT2D eigenvalue weighted by molar-refractivity contribution is -0.140.